The second-order valence-corrected chi connectivity index (χ2v) is 5.56. The number of nitrogens with one attached hydrogen (secondary N) is 1. The lowest BCUT2D eigenvalue weighted by atomic mass is 10.3. The highest BCUT2D eigenvalue weighted by Gasteiger charge is 2.02. The van der Waals surface area contributed by atoms with Gasteiger partial charge in [-0.2, -0.15) is 0 Å². The van der Waals surface area contributed by atoms with Crippen LogP contribution in [-0.2, 0) is 6.54 Å². The van der Waals surface area contributed by atoms with Gasteiger partial charge in [-0.1, -0.05) is 11.6 Å². The zero-order chi connectivity index (χ0) is 11.5. The van der Waals surface area contributed by atoms with E-state index in [4.69, 9.17) is 16.0 Å². The Morgan fingerprint density at radius 3 is 2.75 bits per heavy atom. The average molecular weight is 412 g/mol. The van der Waals surface area contributed by atoms with Gasteiger partial charge in [0.05, 0.1) is 6.54 Å². The van der Waals surface area contributed by atoms with Gasteiger partial charge in [-0.25, -0.2) is 0 Å². The molecule has 0 unspecified atom stereocenters. The number of hydrogen-bond acceptors (Lipinski definition) is 2. The Labute approximate surface area is 121 Å². The maximum absolute atomic E-state index is 5.88. The molecule has 0 atom stereocenters. The van der Waals surface area contributed by atoms with Crippen molar-refractivity contribution in [2.45, 2.75) is 6.54 Å². The Balaban J connectivity index is 2.04. The monoisotopic (exact) mass is 411 g/mol. The minimum Gasteiger partial charge on any atom is -0.452 e. The van der Waals surface area contributed by atoms with E-state index >= 15 is 0 Å². The number of halogens is 3. The van der Waals surface area contributed by atoms with Crippen molar-refractivity contribution in [1.82, 2.24) is 0 Å². The minimum atomic E-state index is 0.656. The molecule has 0 saturated heterocycles. The third-order valence-electron chi connectivity index (χ3n) is 2.01. The topological polar surface area (TPSA) is 25.2 Å². The van der Waals surface area contributed by atoms with Gasteiger partial charge < -0.3 is 9.73 Å². The molecule has 2 nitrogen and oxygen atoms in total. The summed E-state index contributed by atoms with van der Waals surface area (Å²) in [6.45, 7) is 0.656. The Hall–Kier alpha value is -0.200. The molecule has 2 aromatic rings. The first-order chi connectivity index (χ1) is 7.65. The van der Waals surface area contributed by atoms with Crippen LogP contribution in [0.4, 0.5) is 5.69 Å². The third-order valence-corrected chi connectivity index (χ3v) is 3.57. The van der Waals surface area contributed by atoms with E-state index < -0.39 is 0 Å². The third kappa shape index (κ3) is 3.15. The Kier molecular flexibility index (Phi) is 4.16. The van der Waals surface area contributed by atoms with Crippen molar-refractivity contribution in [3.8, 4) is 0 Å². The number of anilines is 1. The van der Waals surface area contributed by atoms with Gasteiger partial charge in [-0.3, -0.25) is 0 Å². The second-order valence-electron chi connectivity index (χ2n) is 3.18. The van der Waals surface area contributed by atoms with Crippen molar-refractivity contribution < 1.29 is 4.42 Å². The van der Waals surface area contributed by atoms with Crippen molar-refractivity contribution >= 4 is 55.8 Å². The number of furan rings is 1. The smallest absolute Gasteiger partial charge is 0.169 e. The molecule has 0 radical (unpaired) electrons. The predicted octanol–water partition coefficient (Wildman–Crippen LogP) is 4.91. The molecule has 84 valence electrons. The number of rotatable bonds is 3. The van der Waals surface area contributed by atoms with Crippen molar-refractivity contribution in [2.24, 2.45) is 0 Å². The minimum absolute atomic E-state index is 0.656. The van der Waals surface area contributed by atoms with Crippen LogP contribution < -0.4 is 5.32 Å². The molecule has 5 heteroatoms. The van der Waals surface area contributed by atoms with Crippen LogP contribution in [0, 0.1) is 3.57 Å². The summed E-state index contributed by atoms with van der Waals surface area (Å²) >= 11 is 11.4. The standard InChI is InChI=1S/C11H8BrClINO/c12-11-4-2-8(16-11)6-15-10-3-1-7(13)5-9(10)14/h1-5,15H,6H2. The molecule has 0 amide bonds. The lowest BCUT2D eigenvalue weighted by molar-refractivity contribution is 0.495. The molecule has 0 bridgehead atoms. The molecule has 1 heterocycles. The molecule has 1 aromatic heterocycles. The fraction of sp³-hybridized carbons (Fsp3) is 0.0909. The van der Waals surface area contributed by atoms with Gasteiger partial charge in [0.2, 0.25) is 0 Å². The van der Waals surface area contributed by atoms with Crippen molar-refractivity contribution in [1.29, 1.82) is 0 Å². The molecule has 0 aliphatic heterocycles. The van der Waals surface area contributed by atoms with Crippen LogP contribution in [-0.4, -0.2) is 0 Å². The lowest BCUT2D eigenvalue weighted by Gasteiger charge is -2.07. The highest BCUT2D eigenvalue weighted by Crippen LogP contribution is 2.23. The van der Waals surface area contributed by atoms with Crippen molar-refractivity contribution in [3.63, 3.8) is 0 Å². The van der Waals surface area contributed by atoms with Gasteiger partial charge in [0, 0.05) is 14.3 Å². The van der Waals surface area contributed by atoms with Gasteiger partial charge in [0.1, 0.15) is 5.76 Å². The first-order valence-corrected chi connectivity index (χ1v) is 6.83. The van der Waals surface area contributed by atoms with Crippen molar-refractivity contribution in [2.75, 3.05) is 5.32 Å². The van der Waals surface area contributed by atoms with E-state index in [2.05, 4.69) is 43.8 Å². The molecule has 2 rings (SSSR count). The van der Waals surface area contributed by atoms with E-state index in [9.17, 15) is 0 Å². The molecule has 16 heavy (non-hydrogen) atoms. The molecular formula is C11H8BrClINO. The summed E-state index contributed by atoms with van der Waals surface area (Å²) in [7, 11) is 0. The van der Waals surface area contributed by atoms with Crippen LogP contribution in [0.15, 0.2) is 39.4 Å². The van der Waals surface area contributed by atoms with E-state index in [1.54, 1.807) is 0 Å². The zero-order valence-electron chi connectivity index (χ0n) is 8.14. The SMILES string of the molecule is Clc1ccc(NCc2ccc(Br)o2)c(I)c1. The largest absolute Gasteiger partial charge is 0.452 e. The van der Waals surface area contributed by atoms with Crippen LogP contribution >= 0.6 is 50.1 Å². The Morgan fingerprint density at radius 1 is 1.31 bits per heavy atom. The van der Waals surface area contributed by atoms with Gasteiger partial charge in [0.25, 0.3) is 0 Å². The second kappa shape index (κ2) is 5.42. The van der Waals surface area contributed by atoms with Crippen LogP contribution in [0.3, 0.4) is 0 Å². The molecule has 1 aromatic carbocycles. The van der Waals surface area contributed by atoms with E-state index in [-0.39, 0.29) is 0 Å². The van der Waals surface area contributed by atoms with Gasteiger partial charge in [0.15, 0.2) is 4.67 Å². The van der Waals surface area contributed by atoms with Crippen LogP contribution in [0.5, 0.6) is 0 Å². The molecule has 0 saturated carbocycles. The Bertz CT molecular complexity index is 500. The van der Waals surface area contributed by atoms with Gasteiger partial charge in [-0.15, -0.1) is 0 Å². The summed E-state index contributed by atoms with van der Waals surface area (Å²) in [6, 6.07) is 9.55. The van der Waals surface area contributed by atoms with Crippen LogP contribution in [0.1, 0.15) is 5.76 Å². The summed E-state index contributed by atoms with van der Waals surface area (Å²) in [5, 5.41) is 4.04. The molecule has 0 fully saturated rings. The van der Waals surface area contributed by atoms with Crippen LogP contribution in [0.2, 0.25) is 5.02 Å². The van der Waals surface area contributed by atoms with E-state index in [1.807, 2.05) is 30.3 Å². The highest BCUT2D eigenvalue weighted by molar-refractivity contribution is 14.1. The summed E-state index contributed by atoms with van der Waals surface area (Å²) in [6.07, 6.45) is 0. The Morgan fingerprint density at radius 2 is 2.12 bits per heavy atom. The summed E-state index contributed by atoms with van der Waals surface area (Å²) < 4.78 is 7.23. The molecule has 1 N–H and O–H groups in total. The van der Waals surface area contributed by atoms with Gasteiger partial charge in [-0.05, 0) is 68.9 Å². The predicted molar refractivity (Wildman–Crippen MR) is 77.9 cm³/mol. The summed E-state index contributed by atoms with van der Waals surface area (Å²) in [5.74, 6) is 0.887. The molecule has 0 aliphatic carbocycles. The zero-order valence-corrected chi connectivity index (χ0v) is 12.6. The van der Waals surface area contributed by atoms with Crippen LogP contribution in [0.25, 0.3) is 0 Å². The fourth-order valence-electron chi connectivity index (χ4n) is 1.26. The maximum Gasteiger partial charge on any atom is 0.169 e. The van der Waals surface area contributed by atoms with Gasteiger partial charge >= 0.3 is 0 Å². The first-order valence-electron chi connectivity index (χ1n) is 4.58. The van der Waals surface area contributed by atoms with E-state index in [0.717, 1.165) is 24.7 Å². The summed E-state index contributed by atoms with van der Waals surface area (Å²) in [5.41, 5.74) is 1.05. The fourth-order valence-corrected chi connectivity index (χ4v) is 2.66. The average Bonchev–Trinajstić information content (AvgIpc) is 2.63. The molecule has 0 spiro atoms. The summed E-state index contributed by atoms with van der Waals surface area (Å²) in [4.78, 5) is 0. The number of hydrogen-bond donors (Lipinski definition) is 1. The lowest BCUT2D eigenvalue weighted by Crippen LogP contribution is -1.99. The maximum atomic E-state index is 5.88. The van der Waals surface area contributed by atoms with E-state index in [1.165, 1.54) is 0 Å². The van der Waals surface area contributed by atoms with Crippen molar-refractivity contribution in [3.05, 3.63) is 49.4 Å². The molecular weight excluding hydrogens is 404 g/mol. The van der Waals surface area contributed by atoms with E-state index in [0.29, 0.717) is 6.54 Å². The first kappa shape index (κ1) is 12.3. The molecule has 0 aliphatic rings. The number of benzene rings is 1. The normalized spacial score (nSPS) is 10.4. The highest BCUT2D eigenvalue weighted by atomic mass is 127. The quantitative estimate of drug-likeness (QED) is 0.725.